The molecule has 0 saturated carbocycles. The quantitative estimate of drug-likeness (QED) is 0.728. The summed E-state index contributed by atoms with van der Waals surface area (Å²) in [6.45, 7) is 9.81. The lowest BCUT2D eigenvalue weighted by Crippen LogP contribution is -2.44. The highest BCUT2D eigenvalue weighted by Gasteiger charge is 2.20. The van der Waals surface area contributed by atoms with E-state index in [2.05, 4.69) is 73.5 Å². The Labute approximate surface area is 184 Å². The van der Waals surface area contributed by atoms with Crippen LogP contribution in [0.3, 0.4) is 0 Å². The molecule has 0 radical (unpaired) electrons. The van der Waals surface area contributed by atoms with Crippen LogP contribution in [-0.4, -0.2) is 78.7 Å². The van der Waals surface area contributed by atoms with Crippen molar-refractivity contribution in [3.63, 3.8) is 0 Å². The molecule has 8 heteroatoms. The van der Waals surface area contributed by atoms with Gasteiger partial charge in [0.15, 0.2) is 5.82 Å². The number of halogens is 1. The lowest BCUT2D eigenvalue weighted by molar-refractivity contribution is 0.226. The number of piperidine rings is 1. The van der Waals surface area contributed by atoms with Crippen LogP contribution in [0.15, 0.2) is 30.5 Å². The fraction of sp³-hybridized carbons (Fsp3) is 0.545. The lowest BCUT2D eigenvalue weighted by Gasteiger charge is -2.34. The average molecular weight is 430 g/mol. The molecule has 1 aromatic carbocycles. The number of likely N-dealkylation sites (N-methyl/N-ethyl adjacent to an activating group) is 2. The topological polar surface area (TPSA) is 59.6 Å². The molecule has 2 N–H and O–H groups in total. The number of piperazine rings is 1. The van der Waals surface area contributed by atoms with Crippen molar-refractivity contribution in [3.05, 3.63) is 35.5 Å². The van der Waals surface area contributed by atoms with Crippen molar-refractivity contribution in [2.75, 3.05) is 68.4 Å². The van der Waals surface area contributed by atoms with Crippen LogP contribution in [0.5, 0.6) is 0 Å². The summed E-state index contributed by atoms with van der Waals surface area (Å²) in [7, 11) is 2.17. The maximum absolute atomic E-state index is 6.37. The molecule has 30 heavy (non-hydrogen) atoms. The highest BCUT2D eigenvalue weighted by molar-refractivity contribution is 6.32. The summed E-state index contributed by atoms with van der Waals surface area (Å²) in [5, 5.41) is 7.38. The van der Waals surface area contributed by atoms with E-state index in [1.165, 1.54) is 18.7 Å². The Balaban J connectivity index is 1.39. The Morgan fingerprint density at radius 1 is 1.10 bits per heavy atom. The average Bonchev–Trinajstić information content (AvgIpc) is 2.77. The summed E-state index contributed by atoms with van der Waals surface area (Å²) in [5.41, 5.74) is 2.22. The number of nitrogens with zero attached hydrogens (tertiary/aromatic N) is 5. The molecular weight excluding hydrogens is 398 g/mol. The van der Waals surface area contributed by atoms with E-state index >= 15 is 0 Å². The minimum Gasteiger partial charge on any atom is -0.369 e. The van der Waals surface area contributed by atoms with Gasteiger partial charge in [0.25, 0.3) is 0 Å². The van der Waals surface area contributed by atoms with E-state index in [1.54, 1.807) is 6.20 Å². The van der Waals surface area contributed by atoms with E-state index in [9.17, 15) is 0 Å². The van der Waals surface area contributed by atoms with E-state index in [-0.39, 0.29) is 0 Å². The zero-order valence-electron chi connectivity index (χ0n) is 17.9. The van der Waals surface area contributed by atoms with Gasteiger partial charge in [-0.1, -0.05) is 18.5 Å². The molecule has 7 nitrogen and oxygen atoms in total. The predicted octanol–water partition coefficient (Wildman–Crippen LogP) is 3.52. The number of anilines is 4. The molecule has 1 atom stereocenters. The van der Waals surface area contributed by atoms with Crippen molar-refractivity contribution in [1.29, 1.82) is 0 Å². The van der Waals surface area contributed by atoms with E-state index in [4.69, 9.17) is 11.6 Å². The molecule has 3 heterocycles. The summed E-state index contributed by atoms with van der Waals surface area (Å²) in [4.78, 5) is 16.2. The Kier molecular flexibility index (Phi) is 6.92. The molecule has 4 rings (SSSR count). The molecule has 2 aliphatic rings. The maximum atomic E-state index is 6.37. The van der Waals surface area contributed by atoms with Gasteiger partial charge in [0.2, 0.25) is 5.95 Å². The van der Waals surface area contributed by atoms with Gasteiger partial charge in [0, 0.05) is 50.1 Å². The van der Waals surface area contributed by atoms with Gasteiger partial charge in [-0.15, -0.1) is 0 Å². The van der Waals surface area contributed by atoms with Crippen LogP contribution in [0.4, 0.5) is 23.1 Å². The number of hydrogen-bond acceptors (Lipinski definition) is 7. The zero-order valence-corrected chi connectivity index (χ0v) is 18.7. The van der Waals surface area contributed by atoms with Gasteiger partial charge in [-0.25, -0.2) is 4.98 Å². The SMILES string of the molecule is CCN1CCCC(Nc2nc(Nc3ccc(N4CCN(C)CC4)cc3)ncc2Cl)C1. The molecule has 2 saturated heterocycles. The first kappa shape index (κ1) is 21.2. The normalized spacial score (nSPS) is 20.9. The number of rotatable bonds is 6. The van der Waals surface area contributed by atoms with Crippen LogP contribution in [0.25, 0.3) is 0 Å². The van der Waals surface area contributed by atoms with Gasteiger partial charge in [0.05, 0.1) is 6.20 Å². The van der Waals surface area contributed by atoms with Crippen LogP contribution in [0.2, 0.25) is 5.02 Å². The van der Waals surface area contributed by atoms with Crippen LogP contribution < -0.4 is 15.5 Å². The zero-order chi connectivity index (χ0) is 20.9. The smallest absolute Gasteiger partial charge is 0.229 e. The highest BCUT2D eigenvalue weighted by atomic mass is 35.5. The number of hydrogen-bond donors (Lipinski definition) is 2. The van der Waals surface area contributed by atoms with Gasteiger partial charge in [-0.3, -0.25) is 0 Å². The third-order valence-electron chi connectivity index (χ3n) is 6.03. The molecule has 2 aromatic rings. The third-order valence-corrected chi connectivity index (χ3v) is 6.31. The minimum atomic E-state index is 0.363. The number of aromatic nitrogens is 2. The standard InChI is InChI=1S/C22H32ClN7/c1-3-29-10-4-5-18(16-29)25-21-20(23)15-24-22(27-21)26-17-6-8-19(9-7-17)30-13-11-28(2)12-14-30/h6-9,15,18H,3-5,10-14,16H2,1-2H3,(H2,24,25,26,27). The van der Waals surface area contributed by atoms with Crippen molar-refractivity contribution in [2.45, 2.75) is 25.8 Å². The van der Waals surface area contributed by atoms with Crippen LogP contribution >= 0.6 is 11.6 Å². The predicted molar refractivity (Wildman–Crippen MR) is 125 cm³/mol. The summed E-state index contributed by atoms with van der Waals surface area (Å²) < 4.78 is 0. The van der Waals surface area contributed by atoms with Crippen molar-refractivity contribution >= 4 is 34.7 Å². The first-order chi connectivity index (χ1) is 14.6. The number of nitrogens with one attached hydrogen (secondary N) is 2. The largest absolute Gasteiger partial charge is 0.369 e. The fourth-order valence-corrected chi connectivity index (χ4v) is 4.28. The fourth-order valence-electron chi connectivity index (χ4n) is 4.13. The highest BCUT2D eigenvalue weighted by Crippen LogP contribution is 2.25. The van der Waals surface area contributed by atoms with E-state index in [0.29, 0.717) is 22.8 Å². The number of likely N-dealkylation sites (tertiary alicyclic amines) is 1. The van der Waals surface area contributed by atoms with Gasteiger partial charge in [-0.05, 0) is 57.2 Å². The maximum Gasteiger partial charge on any atom is 0.229 e. The Morgan fingerprint density at radius 2 is 1.87 bits per heavy atom. The second-order valence-corrected chi connectivity index (χ2v) is 8.64. The van der Waals surface area contributed by atoms with Crippen LogP contribution in [0.1, 0.15) is 19.8 Å². The Morgan fingerprint density at radius 3 is 2.60 bits per heavy atom. The van der Waals surface area contributed by atoms with E-state index in [0.717, 1.165) is 51.4 Å². The lowest BCUT2D eigenvalue weighted by atomic mass is 10.1. The molecule has 162 valence electrons. The van der Waals surface area contributed by atoms with Crippen molar-refractivity contribution in [3.8, 4) is 0 Å². The van der Waals surface area contributed by atoms with Gasteiger partial charge in [-0.2, -0.15) is 4.98 Å². The Bertz CT molecular complexity index is 821. The molecule has 0 amide bonds. The molecule has 0 aliphatic carbocycles. The van der Waals surface area contributed by atoms with E-state index < -0.39 is 0 Å². The summed E-state index contributed by atoms with van der Waals surface area (Å²) >= 11 is 6.37. The molecule has 2 fully saturated rings. The van der Waals surface area contributed by atoms with Gasteiger partial charge >= 0.3 is 0 Å². The van der Waals surface area contributed by atoms with Crippen molar-refractivity contribution in [1.82, 2.24) is 19.8 Å². The molecule has 1 unspecified atom stereocenters. The molecule has 1 aromatic heterocycles. The molecule has 2 aliphatic heterocycles. The van der Waals surface area contributed by atoms with Crippen molar-refractivity contribution < 1.29 is 0 Å². The molecule has 0 bridgehead atoms. The molecular formula is C22H32ClN7. The minimum absolute atomic E-state index is 0.363. The van der Waals surface area contributed by atoms with Gasteiger partial charge < -0.3 is 25.3 Å². The second kappa shape index (κ2) is 9.81. The monoisotopic (exact) mass is 429 g/mol. The van der Waals surface area contributed by atoms with E-state index in [1.807, 2.05) is 0 Å². The number of benzene rings is 1. The molecule has 0 spiro atoms. The summed E-state index contributed by atoms with van der Waals surface area (Å²) in [5.74, 6) is 1.25. The van der Waals surface area contributed by atoms with Crippen molar-refractivity contribution in [2.24, 2.45) is 0 Å². The first-order valence-electron chi connectivity index (χ1n) is 10.9. The third kappa shape index (κ3) is 5.33. The van der Waals surface area contributed by atoms with Crippen LogP contribution in [0, 0.1) is 0 Å². The summed E-state index contributed by atoms with van der Waals surface area (Å²) in [6, 6.07) is 8.84. The van der Waals surface area contributed by atoms with Gasteiger partial charge in [0.1, 0.15) is 5.02 Å². The second-order valence-electron chi connectivity index (χ2n) is 8.23. The Hall–Kier alpha value is -2.09. The van der Waals surface area contributed by atoms with Crippen LogP contribution in [-0.2, 0) is 0 Å². The first-order valence-corrected chi connectivity index (χ1v) is 11.3. The summed E-state index contributed by atoms with van der Waals surface area (Å²) in [6.07, 6.45) is 3.99.